The first-order valence-corrected chi connectivity index (χ1v) is 8.62. The van der Waals surface area contributed by atoms with E-state index in [1.165, 1.54) is 19.3 Å². The van der Waals surface area contributed by atoms with E-state index >= 15 is 0 Å². The van der Waals surface area contributed by atoms with Crippen LogP contribution in [-0.4, -0.2) is 16.8 Å². The van der Waals surface area contributed by atoms with Crippen LogP contribution in [0.15, 0.2) is 22.7 Å². The van der Waals surface area contributed by atoms with Crippen LogP contribution >= 0.6 is 31.9 Å². The second-order valence-corrected chi connectivity index (χ2v) is 6.86. The Morgan fingerprint density at radius 3 is 2.63 bits per heavy atom. The molecule has 0 saturated heterocycles. The maximum atomic E-state index is 12.5. The second kappa shape index (κ2) is 6.40. The molecule has 1 fully saturated rings. The van der Waals surface area contributed by atoms with Crippen molar-refractivity contribution in [3.8, 4) is 0 Å². The van der Waals surface area contributed by atoms with Gasteiger partial charge in [0.05, 0.1) is 5.54 Å². The summed E-state index contributed by atoms with van der Waals surface area (Å²) < 4.78 is 0.944. The minimum absolute atomic E-state index is 0.0418. The fourth-order valence-corrected chi connectivity index (χ4v) is 3.73. The van der Waals surface area contributed by atoms with Crippen LogP contribution in [0.5, 0.6) is 0 Å². The molecule has 2 nitrogen and oxygen atoms in total. The van der Waals surface area contributed by atoms with Crippen molar-refractivity contribution in [2.75, 3.05) is 5.33 Å². The zero-order valence-electron chi connectivity index (χ0n) is 11.1. The fourth-order valence-electron chi connectivity index (χ4n) is 2.67. The third kappa shape index (κ3) is 3.60. The summed E-state index contributed by atoms with van der Waals surface area (Å²) in [6.07, 6.45) is 5.81. The Morgan fingerprint density at radius 2 is 2.00 bits per heavy atom. The number of halogens is 2. The van der Waals surface area contributed by atoms with Crippen LogP contribution < -0.4 is 5.32 Å². The van der Waals surface area contributed by atoms with Crippen molar-refractivity contribution in [1.29, 1.82) is 0 Å². The van der Waals surface area contributed by atoms with E-state index in [0.29, 0.717) is 0 Å². The first kappa shape index (κ1) is 15.0. The maximum absolute atomic E-state index is 12.5. The Kier molecular flexibility index (Phi) is 5.07. The standard InChI is InChI=1S/C15H19Br2NO/c1-11-5-6-12(17)9-13(11)14(19)18-15(10-16)7-3-2-4-8-15/h5-6,9H,2-4,7-8,10H2,1H3,(H,18,19). The molecule has 1 aliphatic rings. The van der Waals surface area contributed by atoms with E-state index in [4.69, 9.17) is 0 Å². The van der Waals surface area contributed by atoms with Crippen molar-refractivity contribution < 1.29 is 4.79 Å². The summed E-state index contributed by atoms with van der Waals surface area (Å²) in [4.78, 5) is 12.5. The molecule has 0 heterocycles. The predicted octanol–water partition coefficient (Wildman–Crippen LogP) is 4.59. The molecule has 0 aromatic heterocycles. The van der Waals surface area contributed by atoms with Gasteiger partial charge in [-0.1, -0.05) is 57.2 Å². The van der Waals surface area contributed by atoms with E-state index in [1.807, 2.05) is 25.1 Å². The van der Waals surface area contributed by atoms with Crippen molar-refractivity contribution in [2.24, 2.45) is 0 Å². The Bertz CT molecular complexity index is 467. The number of nitrogens with one attached hydrogen (secondary N) is 1. The lowest BCUT2D eigenvalue weighted by molar-refractivity contribution is 0.0886. The number of rotatable bonds is 3. The van der Waals surface area contributed by atoms with Gasteiger partial charge in [-0.25, -0.2) is 0 Å². The third-order valence-corrected chi connectivity index (χ3v) is 5.46. The van der Waals surface area contributed by atoms with Crippen LogP contribution in [0.3, 0.4) is 0 Å². The molecule has 0 atom stereocenters. The summed E-state index contributed by atoms with van der Waals surface area (Å²) in [7, 11) is 0. The molecular formula is C15H19Br2NO. The molecule has 2 rings (SSSR count). The Morgan fingerprint density at radius 1 is 1.32 bits per heavy atom. The van der Waals surface area contributed by atoms with Crippen molar-refractivity contribution in [3.05, 3.63) is 33.8 Å². The average molecular weight is 389 g/mol. The lowest BCUT2D eigenvalue weighted by Crippen LogP contribution is -2.51. The SMILES string of the molecule is Cc1ccc(Br)cc1C(=O)NC1(CBr)CCCCC1. The van der Waals surface area contributed by atoms with Gasteiger partial charge in [0, 0.05) is 15.4 Å². The van der Waals surface area contributed by atoms with E-state index in [-0.39, 0.29) is 11.4 Å². The van der Waals surface area contributed by atoms with Crippen molar-refractivity contribution in [2.45, 2.75) is 44.6 Å². The summed E-state index contributed by atoms with van der Waals surface area (Å²) in [5.74, 6) is 0.0418. The summed E-state index contributed by atoms with van der Waals surface area (Å²) in [6.45, 7) is 1.98. The van der Waals surface area contributed by atoms with Gasteiger partial charge in [0.25, 0.3) is 5.91 Å². The fraction of sp³-hybridized carbons (Fsp3) is 0.533. The number of hydrogen-bond acceptors (Lipinski definition) is 1. The molecule has 104 valence electrons. The zero-order valence-corrected chi connectivity index (χ0v) is 14.3. The molecule has 1 saturated carbocycles. The van der Waals surface area contributed by atoms with Crippen LogP contribution in [0.1, 0.15) is 48.0 Å². The van der Waals surface area contributed by atoms with E-state index in [2.05, 4.69) is 37.2 Å². The van der Waals surface area contributed by atoms with Crippen LogP contribution in [0.2, 0.25) is 0 Å². The molecule has 19 heavy (non-hydrogen) atoms. The van der Waals surface area contributed by atoms with Gasteiger partial charge in [-0.05, 0) is 37.5 Å². The normalized spacial score (nSPS) is 18.1. The molecule has 1 aromatic rings. The van der Waals surface area contributed by atoms with Gasteiger partial charge in [-0.15, -0.1) is 0 Å². The highest BCUT2D eigenvalue weighted by molar-refractivity contribution is 9.10. The maximum Gasteiger partial charge on any atom is 0.252 e. The number of aryl methyl sites for hydroxylation is 1. The number of alkyl halides is 1. The monoisotopic (exact) mass is 387 g/mol. The predicted molar refractivity (Wildman–Crippen MR) is 86.0 cm³/mol. The van der Waals surface area contributed by atoms with E-state index < -0.39 is 0 Å². The number of carbonyl (C=O) groups is 1. The third-order valence-electron chi connectivity index (χ3n) is 3.89. The van der Waals surface area contributed by atoms with Crippen LogP contribution in [-0.2, 0) is 0 Å². The lowest BCUT2D eigenvalue weighted by Gasteiger charge is -2.36. The smallest absolute Gasteiger partial charge is 0.252 e. The minimum Gasteiger partial charge on any atom is -0.346 e. The van der Waals surface area contributed by atoms with Gasteiger partial charge in [-0.2, -0.15) is 0 Å². The number of amides is 1. The van der Waals surface area contributed by atoms with Gasteiger partial charge < -0.3 is 5.32 Å². The number of carbonyl (C=O) groups excluding carboxylic acids is 1. The quantitative estimate of drug-likeness (QED) is 0.754. The molecule has 1 aromatic carbocycles. The van der Waals surface area contributed by atoms with Gasteiger partial charge >= 0.3 is 0 Å². The van der Waals surface area contributed by atoms with Gasteiger partial charge in [0.15, 0.2) is 0 Å². The average Bonchev–Trinajstić information content (AvgIpc) is 2.42. The van der Waals surface area contributed by atoms with Gasteiger partial charge in [0.1, 0.15) is 0 Å². The first-order valence-electron chi connectivity index (χ1n) is 6.71. The molecule has 1 aliphatic carbocycles. The highest BCUT2D eigenvalue weighted by atomic mass is 79.9. The van der Waals surface area contributed by atoms with Crippen LogP contribution in [0.25, 0.3) is 0 Å². The highest BCUT2D eigenvalue weighted by Crippen LogP contribution is 2.30. The summed E-state index contributed by atoms with van der Waals surface area (Å²) >= 11 is 7.01. The molecule has 4 heteroatoms. The highest BCUT2D eigenvalue weighted by Gasteiger charge is 2.32. The summed E-state index contributed by atoms with van der Waals surface area (Å²) in [5.41, 5.74) is 1.71. The largest absolute Gasteiger partial charge is 0.346 e. The Hall–Kier alpha value is -0.350. The minimum atomic E-state index is -0.0654. The molecule has 0 spiro atoms. The molecular weight excluding hydrogens is 370 g/mol. The van der Waals surface area contributed by atoms with Crippen LogP contribution in [0.4, 0.5) is 0 Å². The van der Waals surface area contributed by atoms with Crippen molar-refractivity contribution >= 4 is 37.8 Å². The van der Waals surface area contributed by atoms with E-state index in [9.17, 15) is 4.79 Å². The van der Waals surface area contributed by atoms with E-state index in [1.54, 1.807) is 0 Å². The molecule has 1 amide bonds. The molecule has 0 aliphatic heterocycles. The number of hydrogen-bond donors (Lipinski definition) is 1. The number of benzene rings is 1. The van der Waals surface area contributed by atoms with Crippen molar-refractivity contribution in [3.63, 3.8) is 0 Å². The second-order valence-electron chi connectivity index (χ2n) is 5.39. The molecule has 0 unspecified atom stereocenters. The van der Waals surface area contributed by atoms with Crippen LogP contribution in [0, 0.1) is 6.92 Å². The zero-order chi connectivity index (χ0) is 13.9. The molecule has 0 radical (unpaired) electrons. The van der Waals surface area contributed by atoms with Crippen molar-refractivity contribution in [1.82, 2.24) is 5.32 Å². The molecule has 0 bridgehead atoms. The van der Waals surface area contributed by atoms with E-state index in [0.717, 1.165) is 33.8 Å². The lowest BCUT2D eigenvalue weighted by atomic mass is 9.83. The molecule has 1 N–H and O–H groups in total. The Labute approximate surface area is 131 Å². The summed E-state index contributed by atoms with van der Waals surface area (Å²) in [5, 5.41) is 4.09. The summed E-state index contributed by atoms with van der Waals surface area (Å²) in [6, 6.07) is 5.84. The van der Waals surface area contributed by atoms with Gasteiger partial charge in [-0.3, -0.25) is 4.79 Å². The topological polar surface area (TPSA) is 29.1 Å². The first-order chi connectivity index (χ1) is 9.06. The Balaban J connectivity index is 2.17. The van der Waals surface area contributed by atoms with Gasteiger partial charge in [0.2, 0.25) is 0 Å².